The van der Waals surface area contributed by atoms with Crippen LogP contribution in [0.25, 0.3) is 0 Å². The number of hydrogen-bond donors (Lipinski definition) is 3. The van der Waals surface area contributed by atoms with E-state index in [0.29, 0.717) is 6.42 Å². The molecule has 0 saturated carbocycles. The van der Waals surface area contributed by atoms with Gasteiger partial charge in [-0.3, -0.25) is 4.79 Å². The van der Waals surface area contributed by atoms with Crippen LogP contribution in [0.4, 0.5) is 0 Å². The molecule has 2 unspecified atom stereocenters. The van der Waals surface area contributed by atoms with Crippen molar-refractivity contribution in [2.75, 3.05) is 6.61 Å². The second kappa shape index (κ2) is 34.1. The van der Waals surface area contributed by atoms with Crippen molar-refractivity contribution in [1.29, 1.82) is 0 Å². The van der Waals surface area contributed by atoms with Gasteiger partial charge in [0.25, 0.3) is 0 Å². The largest absolute Gasteiger partial charge is 0.394 e. The molecule has 2 atom stereocenters. The quantitative estimate of drug-likeness (QED) is 0.0595. The first kappa shape index (κ1) is 40.6. The minimum absolute atomic E-state index is 0.101. The Balaban J connectivity index is 3.76. The highest BCUT2D eigenvalue weighted by Crippen LogP contribution is 2.09. The molecular weight excluding hydrogens is 530 g/mol. The highest BCUT2D eigenvalue weighted by Gasteiger charge is 2.17. The summed E-state index contributed by atoms with van der Waals surface area (Å²) < 4.78 is 0. The molecule has 0 radical (unpaired) electrons. The molecule has 0 heterocycles. The number of nitrogens with one attached hydrogen (secondary N) is 1. The lowest BCUT2D eigenvalue weighted by atomic mass is 10.1. The Labute approximate surface area is 265 Å². The molecule has 0 aliphatic heterocycles. The highest BCUT2D eigenvalue weighted by atomic mass is 16.3. The Kier molecular flexibility index (Phi) is 32.1. The minimum atomic E-state index is -0.872. The van der Waals surface area contributed by atoms with Gasteiger partial charge in [-0.1, -0.05) is 137 Å². The topological polar surface area (TPSA) is 69.6 Å². The molecule has 0 aliphatic carbocycles. The smallest absolute Gasteiger partial charge is 0.220 e. The molecule has 4 nitrogen and oxygen atoms in total. The normalized spacial score (nSPS) is 14.2. The van der Waals surface area contributed by atoms with Gasteiger partial charge >= 0.3 is 0 Å². The summed E-state index contributed by atoms with van der Waals surface area (Å²) in [5.74, 6) is -0.101. The molecule has 0 aromatic rings. The lowest BCUT2D eigenvalue weighted by molar-refractivity contribution is -0.123. The first-order chi connectivity index (χ1) is 21.2. The molecule has 4 heteroatoms. The number of carbonyl (C=O) groups is 1. The van der Waals surface area contributed by atoms with Gasteiger partial charge in [-0.15, -0.1) is 0 Å². The van der Waals surface area contributed by atoms with E-state index < -0.39 is 12.1 Å². The maximum atomic E-state index is 12.3. The van der Waals surface area contributed by atoms with Crippen molar-refractivity contribution in [2.24, 2.45) is 0 Å². The maximum absolute atomic E-state index is 12.3. The number of aliphatic hydroxyl groups is 2. The molecule has 0 aromatic heterocycles. The fraction of sp³-hybridized carbons (Fsp3) is 0.615. The van der Waals surface area contributed by atoms with E-state index in [0.717, 1.165) is 77.0 Å². The van der Waals surface area contributed by atoms with E-state index in [-0.39, 0.29) is 12.5 Å². The lowest BCUT2D eigenvalue weighted by Crippen LogP contribution is -2.45. The zero-order chi connectivity index (χ0) is 31.5. The van der Waals surface area contributed by atoms with E-state index in [1.54, 1.807) is 6.08 Å². The molecule has 0 spiro atoms. The summed E-state index contributed by atoms with van der Waals surface area (Å²) in [7, 11) is 0. The average Bonchev–Trinajstić information content (AvgIpc) is 3.01. The second-order valence-electron chi connectivity index (χ2n) is 11.2. The second-order valence-corrected chi connectivity index (χ2v) is 11.2. The van der Waals surface area contributed by atoms with E-state index in [1.807, 2.05) is 6.08 Å². The zero-order valence-electron chi connectivity index (χ0n) is 27.7. The summed E-state index contributed by atoms with van der Waals surface area (Å²) >= 11 is 0. The summed E-state index contributed by atoms with van der Waals surface area (Å²) in [5.41, 5.74) is 0. The zero-order valence-corrected chi connectivity index (χ0v) is 27.7. The number of amides is 1. The van der Waals surface area contributed by atoms with Crippen molar-refractivity contribution >= 4 is 5.91 Å². The molecule has 1 amide bonds. The van der Waals surface area contributed by atoms with Crippen LogP contribution in [-0.2, 0) is 4.79 Å². The van der Waals surface area contributed by atoms with Gasteiger partial charge in [-0.25, -0.2) is 0 Å². The molecule has 0 aromatic carbocycles. The van der Waals surface area contributed by atoms with Crippen molar-refractivity contribution in [2.45, 2.75) is 148 Å². The highest BCUT2D eigenvalue weighted by molar-refractivity contribution is 5.76. The molecule has 244 valence electrons. The van der Waals surface area contributed by atoms with Crippen LogP contribution in [0, 0.1) is 0 Å². The Morgan fingerprint density at radius 1 is 0.581 bits per heavy atom. The van der Waals surface area contributed by atoms with Gasteiger partial charge in [0.2, 0.25) is 5.91 Å². The number of unbranched alkanes of at least 4 members (excludes halogenated alkanes) is 10. The number of carbonyl (C=O) groups excluding carboxylic acids is 1. The summed E-state index contributed by atoms with van der Waals surface area (Å²) in [4.78, 5) is 12.3. The molecule has 0 saturated heterocycles. The molecule has 0 rings (SSSR count). The number of hydrogen-bond acceptors (Lipinski definition) is 3. The van der Waals surface area contributed by atoms with Gasteiger partial charge < -0.3 is 15.5 Å². The van der Waals surface area contributed by atoms with Gasteiger partial charge in [-0.2, -0.15) is 0 Å². The van der Waals surface area contributed by atoms with E-state index in [2.05, 4.69) is 92.1 Å². The molecule has 0 fully saturated rings. The van der Waals surface area contributed by atoms with Crippen LogP contribution in [0.2, 0.25) is 0 Å². The van der Waals surface area contributed by atoms with E-state index in [4.69, 9.17) is 0 Å². The summed E-state index contributed by atoms with van der Waals surface area (Å²) in [6, 6.07) is -0.652. The fourth-order valence-corrected chi connectivity index (χ4v) is 4.45. The molecule has 43 heavy (non-hydrogen) atoms. The minimum Gasteiger partial charge on any atom is -0.394 e. The van der Waals surface area contributed by atoms with Gasteiger partial charge in [0.1, 0.15) is 0 Å². The fourth-order valence-electron chi connectivity index (χ4n) is 4.45. The Bertz CT molecular complexity index is 818. The van der Waals surface area contributed by atoms with Crippen LogP contribution < -0.4 is 5.32 Å². The summed E-state index contributed by atoms with van der Waals surface area (Å²) in [6.07, 6.45) is 49.5. The first-order valence-electron chi connectivity index (χ1n) is 17.3. The third-order valence-corrected chi connectivity index (χ3v) is 7.11. The van der Waals surface area contributed by atoms with Crippen molar-refractivity contribution in [3.05, 3.63) is 85.1 Å². The standard InChI is InChI=1S/C39H65NO3/c1-3-5-7-9-11-13-15-16-17-18-19-20-21-22-23-24-25-27-29-31-33-35-39(43)40-37(36-41)38(42)34-32-30-28-26-14-12-10-8-6-4-2/h5,7,11,13-14,16-17,19-20,22-23,26,32,34,37-38,41-42H,3-4,6,8-10,12,15,18,21,24-25,27-31,33,35-36H2,1-2H3,(H,40,43)/b7-5-,13-11-,17-16-,20-19-,23-22-,26-14+,34-32+. The van der Waals surface area contributed by atoms with E-state index in [9.17, 15) is 15.0 Å². The molecule has 3 N–H and O–H groups in total. The predicted octanol–water partition coefficient (Wildman–Crippen LogP) is 10.2. The number of allylic oxidation sites excluding steroid dienone is 13. The monoisotopic (exact) mass is 595 g/mol. The van der Waals surface area contributed by atoms with Crippen LogP contribution in [0.5, 0.6) is 0 Å². The predicted molar refractivity (Wildman–Crippen MR) is 188 cm³/mol. The molecule has 0 aliphatic rings. The van der Waals surface area contributed by atoms with Gasteiger partial charge in [-0.05, 0) is 77.0 Å². The Morgan fingerprint density at radius 3 is 1.63 bits per heavy atom. The molecule has 0 bridgehead atoms. The summed E-state index contributed by atoms with van der Waals surface area (Å²) in [5, 5.41) is 22.7. The van der Waals surface area contributed by atoms with Gasteiger partial charge in [0.05, 0.1) is 18.8 Å². The van der Waals surface area contributed by atoms with Crippen LogP contribution >= 0.6 is 0 Å². The first-order valence-corrected chi connectivity index (χ1v) is 17.3. The van der Waals surface area contributed by atoms with Crippen molar-refractivity contribution in [1.82, 2.24) is 5.32 Å². The van der Waals surface area contributed by atoms with Crippen LogP contribution in [0.3, 0.4) is 0 Å². The van der Waals surface area contributed by atoms with Crippen molar-refractivity contribution in [3.63, 3.8) is 0 Å². The van der Waals surface area contributed by atoms with Crippen LogP contribution in [0.15, 0.2) is 85.1 Å². The average molecular weight is 596 g/mol. The maximum Gasteiger partial charge on any atom is 0.220 e. The van der Waals surface area contributed by atoms with Crippen LogP contribution in [-0.4, -0.2) is 34.9 Å². The van der Waals surface area contributed by atoms with Gasteiger partial charge in [0.15, 0.2) is 0 Å². The third-order valence-electron chi connectivity index (χ3n) is 7.11. The van der Waals surface area contributed by atoms with Crippen LogP contribution in [0.1, 0.15) is 136 Å². The Hall–Kier alpha value is -2.43. The number of rotatable bonds is 29. The SMILES string of the molecule is CC/C=C\C/C=C\C/C=C\C/C=C\C/C=C\CCCCCCCC(=O)NC(CO)C(O)/C=C/CC/C=C/CCCCCC. The molecular formula is C39H65NO3. The lowest BCUT2D eigenvalue weighted by Gasteiger charge is -2.19. The summed E-state index contributed by atoms with van der Waals surface area (Å²) in [6.45, 7) is 4.11. The van der Waals surface area contributed by atoms with Gasteiger partial charge in [0, 0.05) is 6.42 Å². The van der Waals surface area contributed by atoms with E-state index >= 15 is 0 Å². The van der Waals surface area contributed by atoms with Crippen molar-refractivity contribution < 1.29 is 15.0 Å². The number of aliphatic hydroxyl groups excluding tert-OH is 2. The van der Waals surface area contributed by atoms with E-state index in [1.165, 1.54) is 38.5 Å². The van der Waals surface area contributed by atoms with Crippen molar-refractivity contribution in [3.8, 4) is 0 Å². The third kappa shape index (κ3) is 30.8. The Morgan fingerprint density at radius 2 is 1.05 bits per heavy atom.